The van der Waals surface area contributed by atoms with Gasteiger partial charge in [-0.25, -0.2) is 4.39 Å². The van der Waals surface area contributed by atoms with E-state index in [1.165, 1.54) is 6.07 Å². The van der Waals surface area contributed by atoms with E-state index < -0.39 is 10.8 Å². The second-order valence-electron chi connectivity index (χ2n) is 3.94. The Labute approximate surface area is 110 Å². The highest BCUT2D eigenvalue weighted by Gasteiger charge is 2.06. The lowest BCUT2D eigenvalue weighted by Crippen LogP contribution is -2.02. The molecule has 18 heavy (non-hydrogen) atoms. The molecule has 0 unspecified atom stereocenters. The van der Waals surface area contributed by atoms with E-state index in [-0.39, 0.29) is 17.4 Å². The first-order chi connectivity index (χ1) is 8.54. The molecule has 0 aliphatic heterocycles. The average Bonchev–Trinajstić information content (AvgIpc) is 2.35. The Hall–Kier alpha value is -1.23. The number of hydrogen-bond acceptors (Lipinski definition) is 3. The second kappa shape index (κ2) is 7.26. The summed E-state index contributed by atoms with van der Waals surface area (Å²) in [6.45, 7) is 4.25. The SMILES string of the molecule is CCCOc1cc(C(C)=NC[S@](C)=O)ccc1F. The Morgan fingerprint density at radius 3 is 2.83 bits per heavy atom. The molecule has 0 saturated heterocycles. The van der Waals surface area contributed by atoms with Gasteiger partial charge in [-0.05, 0) is 37.1 Å². The average molecular weight is 271 g/mol. The number of nitrogens with zero attached hydrogens (tertiary/aromatic N) is 1. The smallest absolute Gasteiger partial charge is 0.165 e. The standard InChI is InChI=1S/C13H18FNO2S/c1-4-7-17-13-8-11(5-6-12(13)14)10(2)15-9-18(3)16/h5-6,8H,4,7,9H2,1-3H3/t18-/m0/s1. The highest BCUT2D eigenvalue weighted by molar-refractivity contribution is 7.84. The lowest BCUT2D eigenvalue weighted by atomic mass is 10.1. The molecule has 0 radical (unpaired) electrons. The van der Waals surface area contributed by atoms with E-state index >= 15 is 0 Å². The number of aliphatic imine (C=N–C) groups is 1. The summed E-state index contributed by atoms with van der Waals surface area (Å²) in [5, 5.41) is 0. The van der Waals surface area contributed by atoms with E-state index in [4.69, 9.17) is 4.74 Å². The number of benzene rings is 1. The maximum Gasteiger partial charge on any atom is 0.165 e. The Kier molecular flexibility index (Phi) is 5.98. The predicted molar refractivity (Wildman–Crippen MR) is 73.3 cm³/mol. The molecule has 0 amide bonds. The van der Waals surface area contributed by atoms with E-state index in [0.29, 0.717) is 6.61 Å². The van der Waals surface area contributed by atoms with Crippen LogP contribution < -0.4 is 4.74 Å². The summed E-state index contributed by atoms with van der Waals surface area (Å²) in [6, 6.07) is 4.64. The zero-order valence-corrected chi connectivity index (χ0v) is 11.7. The van der Waals surface area contributed by atoms with Crippen molar-refractivity contribution < 1.29 is 13.3 Å². The molecule has 1 aromatic rings. The molecule has 1 rings (SSSR count). The number of ether oxygens (including phenoxy) is 1. The molecule has 1 aromatic carbocycles. The maximum atomic E-state index is 13.5. The summed E-state index contributed by atoms with van der Waals surface area (Å²) >= 11 is 0. The van der Waals surface area contributed by atoms with Crippen LogP contribution in [0.25, 0.3) is 0 Å². The molecule has 0 saturated carbocycles. The Morgan fingerprint density at radius 2 is 2.22 bits per heavy atom. The van der Waals surface area contributed by atoms with Crippen LogP contribution >= 0.6 is 0 Å². The third-order valence-corrected chi connectivity index (χ3v) is 2.79. The van der Waals surface area contributed by atoms with Gasteiger partial charge in [-0.1, -0.05) is 6.92 Å². The minimum Gasteiger partial charge on any atom is -0.491 e. The van der Waals surface area contributed by atoms with Crippen molar-refractivity contribution in [1.82, 2.24) is 0 Å². The van der Waals surface area contributed by atoms with Gasteiger partial charge in [0.1, 0.15) is 5.88 Å². The maximum absolute atomic E-state index is 13.5. The number of halogens is 1. The molecular formula is C13H18FNO2S. The summed E-state index contributed by atoms with van der Waals surface area (Å²) in [5.41, 5.74) is 1.51. The fourth-order valence-electron chi connectivity index (χ4n) is 1.33. The van der Waals surface area contributed by atoms with Crippen LogP contribution in [0, 0.1) is 5.82 Å². The van der Waals surface area contributed by atoms with Crippen LogP contribution in [0.15, 0.2) is 23.2 Å². The minimum atomic E-state index is -0.967. The number of hydrogen-bond donors (Lipinski definition) is 0. The van der Waals surface area contributed by atoms with Crippen LogP contribution in [0.5, 0.6) is 5.75 Å². The first-order valence-corrected chi connectivity index (χ1v) is 7.51. The van der Waals surface area contributed by atoms with Crippen molar-refractivity contribution in [1.29, 1.82) is 0 Å². The Balaban J connectivity index is 2.89. The Morgan fingerprint density at radius 1 is 1.50 bits per heavy atom. The molecule has 0 bridgehead atoms. The van der Waals surface area contributed by atoms with Crippen molar-refractivity contribution in [3.8, 4) is 5.75 Å². The molecule has 0 aliphatic rings. The van der Waals surface area contributed by atoms with Crippen molar-refractivity contribution in [2.75, 3.05) is 18.7 Å². The van der Waals surface area contributed by atoms with Crippen LogP contribution in [0.4, 0.5) is 4.39 Å². The normalized spacial score (nSPS) is 13.4. The first kappa shape index (κ1) is 14.8. The van der Waals surface area contributed by atoms with E-state index in [9.17, 15) is 8.60 Å². The van der Waals surface area contributed by atoms with Crippen LogP contribution in [-0.4, -0.2) is 28.7 Å². The monoisotopic (exact) mass is 271 g/mol. The van der Waals surface area contributed by atoms with E-state index in [0.717, 1.165) is 17.7 Å². The lowest BCUT2D eigenvalue weighted by molar-refractivity contribution is 0.301. The van der Waals surface area contributed by atoms with Crippen molar-refractivity contribution in [3.63, 3.8) is 0 Å². The summed E-state index contributed by atoms with van der Waals surface area (Å²) in [5.74, 6) is 0.120. The fourth-order valence-corrected chi connectivity index (χ4v) is 1.71. The summed E-state index contributed by atoms with van der Waals surface area (Å²) in [4.78, 5) is 4.18. The third-order valence-electron chi connectivity index (χ3n) is 2.29. The molecule has 0 fully saturated rings. The highest BCUT2D eigenvalue weighted by Crippen LogP contribution is 2.19. The van der Waals surface area contributed by atoms with Crippen LogP contribution in [0.2, 0.25) is 0 Å². The lowest BCUT2D eigenvalue weighted by Gasteiger charge is -2.08. The molecule has 0 spiro atoms. The van der Waals surface area contributed by atoms with Crippen molar-refractivity contribution >= 4 is 16.5 Å². The highest BCUT2D eigenvalue weighted by atomic mass is 32.2. The van der Waals surface area contributed by atoms with E-state index in [1.54, 1.807) is 18.4 Å². The molecule has 0 aromatic heterocycles. The Bertz CT molecular complexity index is 460. The molecule has 0 N–H and O–H groups in total. The minimum absolute atomic E-state index is 0.238. The molecule has 1 atom stereocenters. The third kappa shape index (κ3) is 4.56. The summed E-state index contributed by atoms with van der Waals surface area (Å²) in [7, 11) is -0.967. The van der Waals surface area contributed by atoms with Gasteiger partial charge in [0, 0.05) is 22.8 Å². The van der Waals surface area contributed by atoms with Gasteiger partial charge in [-0.3, -0.25) is 9.20 Å². The zero-order chi connectivity index (χ0) is 13.5. The van der Waals surface area contributed by atoms with Crippen molar-refractivity contribution in [2.45, 2.75) is 20.3 Å². The molecule has 0 heterocycles. The predicted octanol–water partition coefficient (Wildman–Crippen LogP) is 2.76. The fraction of sp³-hybridized carbons (Fsp3) is 0.462. The first-order valence-electron chi connectivity index (χ1n) is 5.78. The topological polar surface area (TPSA) is 38.7 Å². The number of rotatable bonds is 6. The van der Waals surface area contributed by atoms with Gasteiger partial charge >= 0.3 is 0 Å². The van der Waals surface area contributed by atoms with Gasteiger partial charge in [-0.2, -0.15) is 0 Å². The molecule has 100 valence electrons. The zero-order valence-electron chi connectivity index (χ0n) is 10.9. The van der Waals surface area contributed by atoms with E-state index in [2.05, 4.69) is 4.99 Å². The summed E-state index contributed by atoms with van der Waals surface area (Å²) in [6.07, 6.45) is 2.42. The molecule has 5 heteroatoms. The van der Waals surface area contributed by atoms with Gasteiger partial charge < -0.3 is 4.74 Å². The quantitative estimate of drug-likeness (QED) is 0.746. The van der Waals surface area contributed by atoms with Crippen LogP contribution in [-0.2, 0) is 10.8 Å². The second-order valence-corrected chi connectivity index (χ2v) is 5.34. The molecule has 0 aliphatic carbocycles. The van der Waals surface area contributed by atoms with E-state index in [1.807, 2.05) is 13.8 Å². The van der Waals surface area contributed by atoms with Crippen LogP contribution in [0.1, 0.15) is 25.8 Å². The molecular weight excluding hydrogens is 253 g/mol. The van der Waals surface area contributed by atoms with Gasteiger partial charge in [0.05, 0.1) is 6.61 Å². The van der Waals surface area contributed by atoms with Crippen molar-refractivity contribution in [2.24, 2.45) is 4.99 Å². The van der Waals surface area contributed by atoms with Gasteiger partial charge in [0.15, 0.2) is 11.6 Å². The van der Waals surface area contributed by atoms with Crippen LogP contribution in [0.3, 0.4) is 0 Å². The largest absolute Gasteiger partial charge is 0.491 e. The van der Waals surface area contributed by atoms with Gasteiger partial charge in [0.2, 0.25) is 0 Å². The summed E-state index contributed by atoms with van der Waals surface area (Å²) < 4.78 is 29.7. The van der Waals surface area contributed by atoms with Crippen molar-refractivity contribution in [3.05, 3.63) is 29.6 Å². The van der Waals surface area contributed by atoms with Gasteiger partial charge in [0.25, 0.3) is 0 Å². The molecule has 3 nitrogen and oxygen atoms in total. The van der Waals surface area contributed by atoms with Gasteiger partial charge in [-0.15, -0.1) is 0 Å².